The Morgan fingerprint density at radius 2 is 2.18 bits per heavy atom. The highest BCUT2D eigenvalue weighted by Gasteiger charge is 2.13. The second kappa shape index (κ2) is 6.70. The third-order valence-electron chi connectivity index (χ3n) is 2.13. The second-order valence-corrected chi connectivity index (χ2v) is 4.39. The number of ether oxygens (including phenoxy) is 1. The van der Waals surface area contributed by atoms with Crippen LogP contribution >= 0.6 is 23.2 Å². The van der Waals surface area contributed by atoms with E-state index in [1.54, 1.807) is 19.1 Å². The van der Waals surface area contributed by atoms with Crippen LogP contribution in [0, 0.1) is 11.3 Å². The minimum atomic E-state index is -0.547. The molecule has 0 bridgehead atoms. The van der Waals surface area contributed by atoms with Crippen molar-refractivity contribution in [3.05, 3.63) is 27.7 Å². The van der Waals surface area contributed by atoms with Gasteiger partial charge in [0.1, 0.15) is 11.8 Å². The standard InChI is InChI=1S/C12H14Cl2N2O/c1-3-16-7-9-4-10(13)5-11(14)12(9)17-8(2)6-15/h4-5,8,16H,3,7H2,1-2H3. The normalized spacial score (nSPS) is 11.9. The van der Waals surface area contributed by atoms with Crippen LogP contribution in [-0.2, 0) is 6.54 Å². The second-order valence-electron chi connectivity index (χ2n) is 3.55. The maximum atomic E-state index is 8.75. The van der Waals surface area contributed by atoms with Crippen molar-refractivity contribution < 1.29 is 4.74 Å². The first-order chi connectivity index (χ1) is 8.08. The molecule has 3 nitrogen and oxygen atoms in total. The van der Waals surface area contributed by atoms with Gasteiger partial charge in [-0.15, -0.1) is 0 Å². The van der Waals surface area contributed by atoms with E-state index in [1.807, 2.05) is 13.0 Å². The summed E-state index contributed by atoms with van der Waals surface area (Å²) in [5, 5.41) is 12.9. The highest BCUT2D eigenvalue weighted by molar-refractivity contribution is 6.35. The average molecular weight is 273 g/mol. The van der Waals surface area contributed by atoms with Crippen molar-refractivity contribution in [1.29, 1.82) is 5.26 Å². The van der Waals surface area contributed by atoms with E-state index in [2.05, 4.69) is 5.32 Å². The van der Waals surface area contributed by atoms with Gasteiger partial charge in [-0.1, -0.05) is 30.1 Å². The lowest BCUT2D eigenvalue weighted by molar-refractivity contribution is 0.273. The summed E-state index contributed by atoms with van der Waals surface area (Å²) < 4.78 is 5.49. The maximum Gasteiger partial charge on any atom is 0.181 e. The Labute approximate surface area is 111 Å². The van der Waals surface area contributed by atoms with Crippen LogP contribution < -0.4 is 10.1 Å². The van der Waals surface area contributed by atoms with Crippen molar-refractivity contribution in [2.75, 3.05) is 6.54 Å². The van der Waals surface area contributed by atoms with Gasteiger partial charge < -0.3 is 10.1 Å². The molecule has 0 saturated heterocycles. The molecule has 1 unspecified atom stereocenters. The van der Waals surface area contributed by atoms with Gasteiger partial charge in [0.15, 0.2) is 6.10 Å². The van der Waals surface area contributed by atoms with E-state index in [0.29, 0.717) is 22.3 Å². The first-order valence-electron chi connectivity index (χ1n) is 5.33. The molecule has 92 valence electrons. The average Bonchev–Trinajstić information content (AvgIpc) is 2.29. The molecule has 1 rings (SSSR count). The Morgan fingerprint density at radius 1 is 1.47 bits per heavy atom. The SMILES string of the molecule is CCNCc1cc(Cl)cc(Cl)c1OC(C)C#N. The van der Waals surface area contributed by atoms with Crippen LogP contribution in [0.1, 0.15) is 19.4 Å². The van der Waals surface area contributed by atoms with Crippen molar-refractivity contribution in [2.45, 2.75) is 26.5 Å². The van der Waals surface area contributed by atoms with E-state index in [9.17, 15) is 0 Å². The third-order valence-corrected chi connectivity index (χ3v) is 2.63. The van der Waals surface area contributed by atoms with Crippen LogP contribution in [0.3, 0.4) is 0 Å². The lowest BCUT2D eigenvalue weighted by atomic mass is 10.2. The minimum absolute atomic E-state index is 0.424. The summed E-state index contributed by atoms with van der Waals surface area (Å²) in [6.07, 6.45) is -0.547. The van der Waals surface area contributed by atoms with Crippen molar-refractivity contribution in [3.63, 3.8) is 0 Å². The monoisotopic (exact) mass is 272 g/mol. The molecule has 1 N–H and O–H groups in total. The number of nitrogens with one attached hydrogen (secondary N) is 1. The lowest BCUT2D eigenvalue weighted by Crippen LogP contribution is -2.15. The van der Waals surface area contributed by atoms with E-state index in [0.717, 1.165) is 12.1 Å². The number of hydrogen-bond acceptors (Lipinski definition) is 3. The fourth-order valence-electron chi connectivity index (χ4n) is 1.34. The zero-order valence-corrected chi connectivity index (χ0v) is 11.3. The van der Waals surface area contributed by atoms with Gasteiger partial charge >= 0.3 is 0 Å². The van der Waals surface area contributed by atoms with E-state index in [1.165, 1.54) is 0 Å². The Balaban J connectivity index is 3.03. The molecule has 1 aromatic rings. The molecular formula is C12H14Cl2N2O. The van der Waals surface area contributed by atoms with Gasteiger partial charge in [0.2, 0.25) is 0 Å². The Kier molecular flexibility index (Phi) is 5.57. The molecule has 0 aliphatic carbocycles. The fraction of sp³-hybridized carbons (Fsp3) is 0.417. The highest BCUT2D eigenvalue weighted by atomic mass is 35.5. The number of halogens is 2. The predicted octanol–water partition coefficient (Wildman–Crippen LogP) is 3.39. The summed E-state index contributed by atoms with van der Waals surface area (Å²) in [4.78, 5) is 0. The molecule has 0 amide bonds. The fourth-order valence-corrected chi connectivity index (χ4v) is 1.92. The van der Waals surface area contributed by atoms with Crippen LogP contribution in [0.2, 0.25) is 10.0 Å². The first-order valence-corrected chi connectivity index (χ1v) is 6.09. The lowest BCUT2D eigenvalue weighted by Gasteiger charge is -2.15. The molecule has 5 heteroatoms. The van der Waals surface area contributed by atoms with Crippen LogP contribution in [0.15, 0.2) is 12.1 Å². The maximum absolute atomic E-state index is 8.75. The molecule has 0 aromatic heterocycles. The van der Waals surface area contributed by atoms with Crippen molar-refractivity contribution in [3.8, 4) is 11.8 Å². The minimum Gasteiger partial charge on any atom is -0.474 e. The number of nitriles is 1. The third kappa shape index (κ3) is 4.08. The molecule has 0 spiro atoms. The number of benzene rings is 1. The summed E-state index contributed by atoms with van der Waals surface area (Å²) >= 11 is 12.0. The predicted molar refractivity (Wildman–Crippen MR) is 69.5 cm³/mol. The van der Waals surface area contributed by atoms with E-state index in [-0.39, 0.29) is 0 Å². The molecule has 0 saturated carbocycles. The Morgan fingerprint density at radius 3 is 2.76 bits per heavy atom. The quantitative estimate of drug-likeness (QED) is 0.894. The molecular weight excluding hydrogens is 259 g/mol. The van der Waals surface area contributed by atoms with Crippen LogP contribution in [0.5, 0.6) is 5.75 Å². The summed E-state index contributed by atoms with van der Waals surface area (Å²) in [6.45, 7) is 5.11. The van der Waals surface area contributed by atoms with Gasteiger partial charge in [-0.3, -0.25) is 0 Å². The zero-order valence-electron chi connectivity index (χ0n) is 9.76. The van der Waals surface area contributed by atoms with Crippen LogP contribution in [-0.4, -0.2) is 12.6 Å². The first kappa shape index (κ1) is 14.1. The van der Waals surface area contributed by atoms with E-state index >= 15 is 0 Å². The van der Waals surface area contributed by atoms with E-state index < -0.39 is 6.10 Å². The molecule has 1 aromatic carbocycles. The van der Waals surface area contributed by atoms with Crippen LogP contribution in [0.25, 0.3) is 0 Å². The summed E-state index contributed by atoms with van der Waals surface area (Å²) in [5.74, 6) is 0.520. The molecule has 0 radical (unpaired) electrons. The summed E-state index contributed by atoms with van der Waals surface area (Å²) in [5.41, 5.74) is 0.853. The van der Waals surface area contributed by atoms with Gasteiger partial charge in [-0.25, -0.2) is 0 Å². The molecule has 0 aliphatic heterocycles. The molecule has 1 atom stereocenters. The number of hydrogen-bond donors (Lipinski definition) is 1. The molecule has 0 heterocycles. The smallest absolute Gasteiger partial charge is 0.181 e. The largest absolute Gasteiger partial charge is 0.474 e. The van der Waals surface area contributed by atoms with Gasteiger partial charge in [0, 0.05) is 17.1 Å². The topological polar surface area (TPSA) is 45.0 Å². The molecule has 17 heavy (non-hydrogen) atoms. The molecule has 0 fully saturated rings. The van der Waals surface area contributed by atoms with Gasteiger partial charge in [-0.05, 0) is 25.6 Å². The van der Waals surface area contributed by atoms with Crippen molar-refractivity contribution in [1.82, 2.24) is 5.32 Å². The number of nitrogens with zero attached hydrogens (tertiary/aromatic N) is 1. The van der Waals surface area contributed by atoms with Crippen molar-refractivity contribution in [2.24, 2.45) is 0 Å². The summed E-state index contributed by atoms with van der Waals surface area (Å²) in [6, 6.07) is 5.40. The molecule has 0 aliphatic rings. The number of rotatable bonds is 5. The summed E-state index contributed by atoms with van der Waals surface area (Å²) in [7, 11) is 0. The van der Waals surface area contributed by atoms with Gasteiger partial charge in [0.25, 0.3) is 0 Å². The van der Waals surface area contributed by atoms with Gasteiger partial charge in [-0.2, -0.15) is 5.26 Å². The highest BCUT2D eigenvalue weighted by Crippen LogP contribution is 2.33. The Hall–Kier alpha value is -0.950. The van der Waals surface area contributed by atoms with E-state index in [4.69, 9.17) is 33.2 Å². The zero-order chi connectivity index (χ0) is 12.8. The van der Waals surface area contributed by atoms with Crippen molar-refractivity contribution >= 4 is 23.2 Å². The van der Waals surface area contributed by atoms with Crippen LogP contribution in [0.4, 0.5) is 0 Å². The Bertz CT molecular complexity index is 429. The van der Waals surface area contributed by atoms with Gasteiger partial charge in [0.05, 0.1) is 5.02 Å².